The van der Waals surface area contributed by atoms with E-state index in [0.717, 1.165) is 31.8 Å². The molecule has 2 atom stereocenters. The number of esters is 1. The molecule has 0 saturated carbocycles. The van der Waals surface area contributed by atoms with Gasteiger partial charge in [-0.15, -0.1) is 0 Å². The van der Waals surface area contributed by atoms with Crippen molar-refractivity contribution in [2.24, 2.45) is 11.8 Å². The summed E-state index contributed by atoms with van der Waals surface area (Å²) in [5.74, 6) is 1.42. The van der Waals surface area contributed by atoms with E-state index in [1.165, 1.54) is 6.42 Å². The number of likely N-dealkylation sites (tertiary alicyclic amines) is 1. The van der Waals surface area contributed by atoms with Crippen LogP contribution in [0.2, 0.25) is 0 Å². The summed E-state index contributed by atoms with van der Waals surface area (Å²) in [6.45, 7) is 11.1. The third kappa shape index (κ3) is 3.98. The predicted molar refractivity (Wildman–Crippen MR) is 69.8 cm³/mol. The molecule has 3 nitrogen and oxygen atoms in total. The second-order valence-corrected chi connectivity index (χ2v) is 5.34. The number of hydrogen-bond donors (Lipinski definition) is 0. The molecule has 1 aliphatic heterocycles. The lowest BCUT2D eigenvalue weighted by molar-refractivity contribution is -0.149. The number of carbonyl (C=O) groups is 1. The van der Waals surface area contributed by atoms with Crippen LogP contribution < -0.4 is 0 Å². The van der Waals surface area contributed by atoms with Gasteiger partial charge in [0.15, 0.2) is 0 Å². The van der Waals surface area contributed by atoms with Gasteiger partial charge in [-0.2, -0.15) is 0 Å². The second kappa shape index (κ2) is 7.00. The van der Waals surface area contributed by atoms with Crippen LogP contribution >= 0.6 is 0 Å². The first kappa shape index (κ1) is 14.5. The monoisotopic (exact) mass is 241 g/mol. The van der Waals surface area contributed by atoms with Gasteiger partial charge >= 0.3 is 5.97 Å². The third-order valence-electron chi connectivity index (χ3n) is 3.76. The van der Waals surface area contributed by atoms with E-state index in [9.17, 15) is 4.79 Å². The van der Waals surface area contributed by atoms with Crippen molar-refractivity contribution in [2.75, 3.05) is 19.7 Å². The van der Waals surface area contributed by atoms with Gasteiger partial charge < -0.3 is 4.74 Å². The molecule has 0 aromatic rings. The van der Waals surface area contributed by atoms with Gasteiger partial charge in [0.05, 0.1) is 6.61 Å². The molecule has 0 aromatic heterocycles. The topological polar surface area (TPSA) is 29.5 Å². The summed E-state index contributed by atoms with van der Waals surface area (Å²) >= 11 is 0. The lowest BCUT2D eigenvalue weighted by Gasteiger charge is -2.26. The van der Waals surface area contributed by atoms with Crippen LogP contribution in [0.25, 0.3) is 0 Å². The zero-order valence-electron chi connectivity index (χ0n) is 11.7. The number of nitrogens with zero attached hydrogens (tertiary/aromatic N) is 1. The molecule has 0 radical (unpaired) electrons. The Hall–Kier alpha value is -0.570. The summed E-state index contributed by atoms with van der Waals surface area (Å²) < 4.78 is 5.18. The van der Waals surface area contributed by atoms with Crippen LogP contribution in [0.15, 0.2) is 0 Å². The normalized spacial score (nSPS) is 23.0. The number of rotatable bonds is 6. The molecular weight excluding hydrogens is 214 g/mol. The zero-order chi connectivity index (χ0) is 12.8. The highest BCUT2D eigenvalue weighted by Crippen LogP contribution is 2.26. The Balaban J connectivity index is 2.56. The molecule has 1 fully saturated rings. The van der Waals surface area contributed by atoms with Crippen LogP contribution in [-0.4, -0.2) is 36.6 Å². The van der Waals surface area contributed by atoms with Crippen LogP contribution in [0.3, 0.4) is 0 Å². The lowest BCUT2D eigenvalue weighted by atomic mass is 9.95. The second-order valence-electron chi connectivity index (χ2n) is 5.34. The Kier molecular flexibility index (Phi) is 5.96. The summed E-state index contributed by atoms with van der Waals surface area (Å²) in [7, 11) is 0. The van der Waals surface area contributed by atoms with E-state index < -0.39 is 0 Å². The standard InChI is InChI=1S/C14H27NO2/c1-5-7-13(14(16)17-6-2)15-9-8-12(10-15)11(3)4/h11-13H,5-10H2,1-4H3. The maximum Gasteiger partial charge on any atom is 0.323 e. The van der Waals surface area contributed by atoms with Crippen LogP contribution in [0.1, 0.15) is 47.0 Å². The predicted octanol–water partition coefficient (Wildman–Crippen LogP) is 2.70. The minimum Gasteiger partial charge on any atom is -0.465 e. The van der Waals surface area contributed by atoms with E-state index in [-0.39, 0.29) is 12.0 Å². The van der Waals surface area contributed by atoms with Gasteiger partial charge in [-0.1, -0.05) is 27.2 Å². The Bertz CT molecular complexity index is 240. The van der Waals surface area contributed by atoms with Gasteiger partial charge in [0.2, 0.25) is 0 Å². The largest absolute Gasteiger partial charge is 0.465 e. The molecule has 1 aliphatic rings. The van der Waals surface area contributed by atoms with Crippen molar-refractivity contribution in [1.82, 2.24) is 4.90 Å². The van der Waals surface area contributed by atoms with E-state index in [1.807, 2.05) is 6.92 Å². The van der Waals surface area contributed by atoms with Gasteiger partial charge in [0.1, 0.15) is 6.04 Å². The molecule has 1 saturated heterocycles. The highest BCUT2D eigenvalue weighted by molar-refractivity contribution is 5.75. The quantitative estimate of drug-likeness (QED) is 0.670. The maximum atomic E-state index is 11.9. The molecule has 17 heavy (non-hydrogen) atoms. The molecule has 0 aliphatic carbocycles. The number of ether oxygens (including phenoxy) is 1. The molecule has 1 heterocycles. The van der Waals surface area contributed by atoms with E-state index in [2.05, 4.69) is 25.7 Å². The first-order chi connectivity index (χ1) is 8.10. The Labute approximate surface area is 106 Å². The van der Waals surface area contributed by atoms with Gasteiger partial charge in [0.25, 0.3) is 0 Å². The number of hydrogen-bond acceptors (Lipinski definition) is 3. The minimum atomic E-state index is -0.0289. The van der Waals surface area contributed by atoms with Gasteiger partial charge in [-0.3, -0.25) is 9.69 Å². The van der Waals surface area contributed by atoms with Crippen molar-refractivity contribution < 1.29 is 9.53 Å². The Morgan fingerprint density at radius 3 is 2.59 bits per heavy atom. The molecule has 0 amide bonds. The van der Waals surface area contributed by atoms with E-state index in [1.54, 1.807) is 0 Å². The minimum absolute atomic E-state index is 0.0105. The summed E-state index contributed by atoms with van der Waals surface area (Å²) in [6.07, 6.45) is 3.17. The van der Waals surface area contributed by atoms with Gasteiger partial charge in [-0.25, -0.2) is 0 Å². The highest BCUT2D eigenvalue weighted by atomic mass is 16.5. The molecular formula is C14H27NO2. The van der Waals surface area contributed by atoms with E-state index in [0.29, 0.717) is 12.5 Å². The molecule has 1 rings (SSSR count). The highest BCUT2D eigenvalue weighted by Gasteiger charge is 2.33. The SMILES string of the molecule is CCCC(C(=O)OCC)N1CCC(C(C)C)C1. The number of carbonyl (C=O) groups excluding carboxylic acids is 1. The van der Waals surface area contributed by atoms with Crippen molar-refractivity contribution in [3.63, 3.8) is 0 Å². The molecule has 0 aromatic carbocycles. The molecule has 3 heteroatoms. The summed E-state index contributed by atoms with van der Waals surface area (Å²) in [4.78, 5) is 14.3. The van der Waals surface area contributed by atoms with Crippen LogP contribution in [-0.2, 0) is 9.53 Å². The molecule has 0 bridgehead atoms. The van der Waals surface area contributed by atoms with Crippen molar-refractivity contribution >= 4 is 5.97 Å². The first-order valence-electron chi connectivity index (χ1n) is 7.00. The first-order valence-corrected chi connectivity index (χ1v) is 7.00. The van der Waals surface area contributed by atoms with Gasteiger partial charge in [0, 0.05) is 6.54 Å². The van der Waals surface area contributed by atoms with Crippen LogP contribution in [0.5, 0.6) is 0 Å². The van der Waals surface area contributed by atoms with Crippen LogP contribution in [0.4, 0.5) is 0 Å². The summed E-state index contributed by atoms with van der Waals surface area (Å²) in [5.41, 5.74) is 0. The smallest absolute Gasteiger partial charge is 0.323 e. The van der Waals surface area contributed by atoms with E-state index >= 15 is 0 Å². The Morgan fingerprint density at radius 2 is 2.12 bits per heavy atom. The fraction of sp³-hybridized carbons (Fsp3) is 0.929. The van der Waals surface area contributed by atoms with Gasteiger partial charge in [-0.05, 0) is 38.1 Å². The van der Waals surface area contributed by atoms with Crippen LogP contribution in [0, 0.1) is 11.8 Å². The molecule has 100 valence electrons. The zero-order valence-corrected chi connectivity index (χ0v) is 11.7. The van der Waals surface area contributed by atoms with Crippen molar-refractivity contribution in [1.29, 1.82) is 0 Å². The fourth-order valence-electron chi connectivity index (χ4n) is 2.60. The fourth-order valence-corrected chi connectivity index (χ4v) is 2.60. The molecule has 0 spiro atoms. The van der Waals surface area contributed by atoms with E-state index in [4.69, 9.17) is 4.74 Å². The average Bonchev–Trinajstić information content (AvgIpc) is 2.75. The summed E-state index contributed by atoms with van der Waals surface area (Å²) in [6, 6.07) is -0.0105. The maximum absolute atomic E-state index is 11.9. The Morgan fingerprint density at radius 1 is 1.41 bits per heavy atom. The third-order valence-corrected chi connectivity index (χ3v) is 3.76. The van der Waals surface area contributed by atoms with Crippen molar-refractivity contribution in [2.45, 2.75) is 53.0 Å². The molecule has 0 N–H and O–H groups in total. The average molecular weight is 241 g/mol. The van der Waals surface area contributed by atoms with Crippen molar-refractivity contribution in [3.05, 3.63) is 0 Å². The molecule has 2 unspecified atom stereocenters. The summed E-state index contributed by atoms with van der Waals surface area (Å²) in [5, 5.41) is 0. The van der Waals surface area contributed by atoms with Crippen molar-refractivity contribution in [3.8, 4) is 0 Å². The lowest BCUT2D eigenvalue weighted by Crippen LogP contribution is -2.41.